The third-order valence-electron chi connectivity index (χ3n) is 21.0. The van der Waals surface area contributed by atoms with E-state index in [4.69, 9.17) is 18.9 Å². The average molecular weight is 1440 g/mol. The SMILES string of the molecule is CC12N3Cc4c(OCCS(=O)(=O)[O-])ccc(OCCS(=O)(=O)[O-])c4CN1C(=O)N1CN4C(=O)N5CN6C(=O)N7CN8C(=O)N9Cc%10c(OCCS(=O)(=O)[O-])ccc(OCCS(=O)(=O)[O-])c%10CN%10C(=O)N(CN%11C(=O)N(CN%12C(=O)N(CN(C3=O)C12C)C4C%125)C6C%117)C8(C)C%109C.[Mg+2].[Mg+2]. The monoisotopic (exact) mass is 1440 g/mol. The normalized spacial score (nSPS) is 29.8. The predicted octanol–water partition coefficient (Wildman–Crippen LogP) is -3.80. The molecule has 46 heteroatoms. The maximum atomic E-state index is 15.5. The van der Waals surface area contributed by atoms with Crippen LogP contribution in [0.4, 0.5) is 38.4 Å². The fraction of sp³-hybridized carbons (Fsp3) is 0.600. The summed E-state index contributed by atoms with van der Waals surface area (Å²) in [4.78, 5) is 144. The van der Waals surface area contributed by atoms with Gasteiger partial charge in [0.05, 0.1) is 89.7 Å². The molecule has 0 bridgehead atoms. The van der Waals surface area contributed by atoms with E-state index in [1.165, 1.54) is 103 Å². The van der Waals surface area contributed by atoms with E-state index in [2.05, 4.69) is 0 Å². The second-order valence-corrected chi connectivity index (χ2v) is 31.2. The number of hydrogen-bond donors (Lipinski definition) is 0. The summed E-state index contributed by atoms with van der Waals surface area (Å²) in [5, 5.41) is 0. The topological polar surface area (TPSA) is 454 Å². The van der Waals surface area contributed by atoms with Gasteiger partial charge in [0.2, 0.25) is 0 Å². The Labute approximate surface area is 578 Å². The zero-order valence-corrected chi connectivity index (χ0v) is 57.4. The van der Waals surface area contributed by atoms with Gasteiger partial charge in [-0.2, -0.15) is 0 Å². The van der Waals surface area contributed by atoms with Gasteiger partial charge in [-0.15, -0.1) is 0 Å². The molecule has 2 aromatic carbocycles. The molecular weight excluding hydrogens is 1390 g/mol. The summed E-state index contributed by atoms with van der Waals surface area (Å²) in [6.07, 6.45) is -5.34. The van der Waals surface area contributed by atoms with Gasteiger partial charge in [0.1, 0.15) is 89.4 Å². The second-order valence-electron chi connectivity index (χ2n) is 25.1. The third-order valence-corrected chi connectivity index (χ3v) is 23.7. The van der Waals surface area contributed by atoms with Crippen LogP contribution in [0.15, 0.2) is 24.3 Å². The first-order valence-electron chi connectivity index (χ1n) is 29.2. The molecule has 13 heterocycles. The van der Waals surface area contributed by atoms with Crippen LogP contribution in [0.25, 0.3) is 0 Å². The van der Waals surface area contributed by atoms with E-state index in [1.807, 2.05) is 0 Å². The van der Waals surface area contributed by atoms with Crippen LogP contribution in [0, 0.1) is 0 Å². The maximum Gasteiger partial charge on any atom is 2.00 e. The number of rotatable bonds is 16. The Morgan fingerprint density at radius 2 is 0.500 bits per heavy atom. The molecule has 11 saturated heterocycles. The molecule has 40 nitrogen and oxygen atoms in total. The molecule has 0 radical (unpaired) electrons. The van der Waals surface area contributed by atoms with Crippen LogP contribution in [0.1, 0.15) is 49.9 Å². The molecule has 2 aromatic rings. The molecule has 96 heavy (non-hydrogen) atoms. The Bertz CT molecular complexity index is 3820. The van der Waals surface area contributed by atoms with Crippen molar-refractivity contribution in [3.8, 4) is 23.0 Å². The van der Waals surface area contributed by atoms with Crippen molar-refractivity contribution in [1.29, 1.82) is 0 Å². The largest absolute Gasteiger partial charge is 2.00 e. The minimum absolute atomic E-state index is 0. The maximum absolute atomic E-state index is 15.5. The van der Waals surface area contributed by atoms with Crippen LogP contribution >= 0.6 is 0 Å². The number of fused-ring (bicyclic) bond motifs is 2. The van der Waals surface area contributed by atoms with Crippen molar-refractivity contribution < 1.29 is 109 Å². The quantitative estimate of drug-likeness (QED) is 0.115. The number of nitrogens with zero attached hydrogens (tertiary/aromatic N) is 16. The van der Waals surface area contributed by atoms with Gasteiger partial charge in [-0.05, 0) is 52.0 Å². The van der Waals surface area contributed by atoms with Crippen molar-refractivity contribution in [1.82, 2.24) is 78.4 Å². The van der Waals surface area contributed by atoms with E-state index in [0.29, 0.717) is 0 Å². The molecule has 15 rings (SSSR count). The van der Waals surface area contributed by atoms with Crippen molar-refractivity contribution >= 4 is 135 Å². The molecule has 11 fully saturated rings. The van der Waals surface area contributed by atoms with E-state index in [0.717, 1.165) is 0 Å². The van der Waals surface area contributed by atoms with Crippen molar-refractivity contribution in [3.05, 3.63) is 46.5 Å². The van der Waals surface area contributed by atoms with E-state index in [-0.39, 0.29) is 91.4 Å². The Morgan fingerprint density at radius 3 is 0.688 bits per heavy atom. The molecule has 508 valence electrons. The Hall–Kier alpha value is -7.03. The number of carbonyl (C=O) groups is 8. The van der Waals surface area contributed by atoms with Gasteiger partial charge in [0.15, 0.2) is 47.3 Å². The Balaban J connectivity index is 0.00000417. The summed E-state index contributed by atoms with van der Waals surface area (Å²) in [5.41, 5.74) is -6.48. The molecule has 13 aliphatic rings. The van der Waals surface area contributed by atoms with E-state index in [1.54, 1.807) is 27.7 Å². The molecule has 0 unspecified atom stereocenters. The second kappa shape index (κ2) is 21.7. The van der Waals surface area contributed by atoms with Crippen molar-refractivity contribution in [3.63, 3.8) is 0 Å². The summed E-state index contributed by atoms with van der Waals surface area (Å²) in [6, 6.07) is -1.01. The third kappa shape index (κ3) is 9.16. The van der Waals surface area contributed by atoms with Crippen LogP contribution in [0.3, 0.4) is 0 Å². The smallest absolute Gasteiger partial charge is 0.748 e. The first-order valence-corrected chi connectivity index (χ1v) is 35.5. The van der Waals surface area contributed by atoms with Crippen LogP contribution in [-0.4, -0.2) is 361 Å². The van der Waals surface area contributed by atoms with Crippen LogP contribution in [-0.2, 0) is 66.7 Å². The number of urea groups is 8. The van der Waals surface area contributed by atoms with Crippen LogP contribution < -0.4 is 18.9 Å². The van der Waals surface area contributed by atoms with E-state index < -0.39 is 252 Å². The van der Waals surface area contributed by atoms with Crippen LogP contribution in [0.2, 0.25) is 0 Å². The van der Waals surface area contributed by atoms with Gasteiger partial charge in [-0.3, -0.25) is 78.4 Å². The van der Waals surface area contributed by atoms with Gasteiger partial charge in [-0.1, -0.05) is 0 Å². The van der Waals surface area contributed by atoms with Gasteiger partial charge in [0, 0.05) is 22.3 Å². The molecule has 16 amide bonds. The minimum atomic E-state index is -4.80. The average Bonchev–Trinajstić information content (AvgIpc) is 1.50. The van der Waals surface area contributed by atoms with Gasteiger partial charge in [-0.25, -0.2) is 72.0 Å². The molecule has 0 N–H and O–H groups in total. The van der Waals surface area contributed by atoms with E-state index >= 15 is 38.4 Å². The Morgan fingerprint density at radius 1 is 0.323 bits per heavy atom. The molecular formula is C50H56Mg2N16O24S4. The number of hydrogen-bond acceptors (Lipinski definition) is 24. The van der Waals surface area contributed by atoms with E-state index in [9.17, 15) is 51.9 Å². The van der Waals surface area contributed by atoms with Gasteiger partial charge < -0.3 is 37.2 Å². The zero-order chi connectivity index (χ0) is 67.2. The molecule has 0 aliphatic carbocycles. The van der Waals surface area contributed by atoms with Crippen LogP contribution in [0.5, 0.6) is 23.0 Å². The summed E-state index contributed by atoms with van der Waals surface area (Å²) in [7, 11) is -19.2. The first-order chi connectivity index (χ1) is 43.9. The predicted molar refractivity (Wildman–Crippen MR) is 310 cm³/mol. The molecule has 0 saturated carbocycles. The van der Waals surface area contributed by atoms with Gasteiger partial charge in [0.25, 0.3) is 0 Å². The summed E-state index contributed by atoms with van der Waals surface area (Å²) in [6.45, 7) is -1.67. The fourth-order valence-corrected chi connectivity index (χ4v) is 17.3. The number of amides is 16. The van der Waals surface area contributed by atoms with Crippen molar-refractivity contribution in [2.24, 2.45) is 0 Å². The number of ether oxygens (including phenoxy) is 4. The van der Waals surface area contributed by atoms with Crippen molar-refractivity contribution in [2.45, 2.75) is 101 Å². The molecule has 13 aliphatic heterocycles. The summed E-state index contributed by atoms with van der Waals surface area (Å²) < 4.78 is 163. The molecule has 0 spiro atoms. The molecule has 0 aromatic heterocycles. The Kier molecular flexibility index (Phi) is 15.3. The standard InChI is InChI=1S/C50H60N16O24S4.2Mg/c1-47-49(3)63-23-55-37-35-51(39(55)67)21-53-36-38-57(41(53)69)25-65-45(73)61-19-29-30(34(90-12-16-94(84,85)86)8-7-33(29)89-11-15-93(81,82)83)20-62-46(74)66(50(65,4)48(61,62)2)26-58(38)42(70)54(36)22-52(35)40(68)56(37)24-64(49)44(72)60(47)18-28-27(17-59(47)43(63)71)31(87-9-13-91(75,76)77)5-6-32(28)88-10-14-92(78,79)80;;/h5-8,35-38H,9-26H2,1-4H3,(H,75,76,77)(H,78,79,80)(H,81,82,83)(H,84,85,86);;/q;2*+2/p-4. The number of carbonyl (C=O) groups excluding carboxylic acids is 8. The first kappa shape index (κ1) is 67.5. The summed E-state index contributed by atoms with van der Waals surface area (Å²) >= 11 is 0. The number of benzene rings is 2. The summed E-state index contributed by atoms with van der Waals surface area (Å²) in [5.74, 6) is -4.05. The molecule has 0 atom stereocenters. The minimum Gasteiger partial charge on any atom is -0.748 e. The fourth-order valence-electron chi connectivity index (χ4n) is 16.2. The zero-order valence-electron chi connectivity index (χ0n) is 51.3. The van der Waals surface area contributed by atoms with Crippen molar-refractivity contribution in [2.75, 3.05) is 89.5 Å². The van der Waals surface area contributed by atoms with Gasteiger partial charge >= 0.3 is 94.4 Å².